The molecule has 3 heteroatoms. The summed E-state index contributed by atoms with van der Waals surface area (Å²) in [5.74, 6) is 0.697. The van der Waals surface area contributed by atoms with Crippen LogP contribution >= 0.6 is 0 Å². The van der Waals surface area contributed by atoms with E-state index in [1.54, 1.807) is 6.92 Å². The number of carbonyl (C=O) groups excluding carboxylic acids is 1. The Kier molecular flexibility index (Phi) is 3.47. The zero-order chi connectivity index (χ0) is 12.3. The molecule has 1 atom stereocenters. The first-order valence-corrected chi connectivity index (χ1v) is 5.82. The van der Waals surface area contributed by atoms with E-state index < -0.39 is 0 Å². The maximum Gasteiger partial charge on any atom is 0.306 e. The van der Waals surface area contributed by atoms with Gasteiger partial charge in [0.2, 0.25) is 0 Å². The molecule has 1 aliphatic rings. The second kappa shape index (κ2) is 5.04. The van der Waals surface area contributed by atoms with Gasteiger partial charge in [0.25, 0.3) is 0 Å². The van der Waals surface area contributed by atoms with Crippen molar-refractivity contribution >= 4 is 12.0 Å². The number of para-hydroxylation sites is 1. The first kappa shape index (κ1) is 11.7. The largest absolute Gasteiger partial charge is 0.488 e. The van der Waals surface area contributed by atoms with Gasteiger partial charge in [-0.25, -0.2) is 0 Å². The average Bonchev–Trinajstić information content (AvgIpc) is 2.38. The zero-order valence-corrected chi connectivity index (χ0v) is 10.1. The molecule has 1 aromatic rings. The van der Waals surface area contributed by atoms with Crippen molar-refractivity contribution in [3.63, 3.8) is 0 Å². The van der Waals surface area contributed by atoms with Crippen molar-refractivity contribution in [1.29, 1.82) is 0 Å². The Labute approximate surface area is 101 Å². The molecule has 0 saturated carbocycles. The fourth-order valence-electron chi connectivity index (χ4n) is 1.72. The summed E-state index contributed by atoms with van der Waals surface area (Å²) in [6, 6.07) is 7.83. The van der Waals surface area contributed by atoms with E-state index in [1.807, 2.05) is 37.3 Å². The molecule has 1 aromatic carbocycles. The highest BCUT2D eigenvalue weighted by Gasteiger charge is 2.18. The highest BCUT2D eigenvalue weighted by atomic mass is 16.5. The third-order valence-corrected chi connectivity index (χ3v) is 2.77. The fourth-order valence-corrected chi connectivity index (χ4v) is 1.72. The van der Waals surface area contributed by atoms with Crippen molar-refractivity contribution in [1.82, 2.24) is 0 Å². The SMILES string of the molecule is CCC(=O)O[C@H](C)C1=Cc2ccccc2OC1. The molecule has 0 aliphatic carbocycles. The lowest BCUT2D eigenvalue weighted by molar-refractivity contribution is -0.146. The molecular formula is C14H16O3. The molecule has 1 aliphatic heterocycles. The molecule has 0 unspecified atom stereocenters. The quantitative estimate of drug-likeness (QED) is 0.752. The van der Waals surface area contributed by atoms with Crippen LogP contribution in [0.1, 0.15) is 25.8 Å². The van der Waals surface area contributed by atoms with Crippen molar-refractivity contribution in [3.8, 4) is 5.75 Å². The predicted octanol–water partition coefficient (Wildman–Crippen LogP) is 2.80. The lowest BCUT2D eigenvalue weighted by atomic mass is 10.0. The van der Waals surface area contributed by atoms with E-state index in [2.05, 4.69) is 0 Å². The molecule has 2 rings (SSSR count). The Morgan fingerprint density at radius 3 is 3.00 bits per heavy atom. The molecule has 1 heterocycles. The van der Waals surface area contributed by atoms with Crippen molar-refractivity contribution in [2.45, 2.75) is 26.4 Å². The van der Waals surface area contributed by atoms with Gasteiger partial charge in [0.15, 0.2) is 0 Å². The molecule has 0 N–H and O–H groups in total. The summed E-state index contributed by atoms with van der Waals surface area (Å²) < 4.78 is 10.9. The van der Waals surface area contributed by atoms with Crippen LogP contribution in [0.15, 0.2) is 29.8 Å². The summed E-state index contributed by atoms with van der Waals surface area (Å²) in [5.41, 5.74) is 2.03. The maximum atomic E-state index is 11.2. The van der Waals surface area contributed by atoms with E-state index in [0.29, 0.717) is 13.0 Å². The van der Waals surface area contributed by atoms with Crippen LogP contribution in [0.25, 0.3) is 6.08 Å². The first-order valence-electron chi connectivity index (χ1n) is 5.82. The second-order valence-corrected chi connectivity index (χ2v) is 4.03. The Morgan fingerprint density at radius 1 is 1.47 bits per heavy atom. The van der Waals surface area contributed by atoms with Crippen molar-refractivity contribution in [2.75, 3.05) is 6.61 Å². The van der Waals surface area contributed by atoms with Crippen LogP contribution in [-0.4, -0.2) is 18.7 Å². The molecule has 0 amide bonds. The Hall–Kier alpha value is -1.77. The molecule has 3 nitrogen and oxygen atoms in total. The first-order chi connectivity index (χ1) is 8.20. The van der Waals surface area contributed by atoms with Gasteiger partial charge in [-0.3, -0.25) is 4.79 Å². The smallest absolute Gasteiger partial charge is 0.306 e. The number of benzene rings is 1. The van der Waals surface area contributed by atoms with Crippen LogP contribution in [0.3, 0.4) is 0 Å². The van der Waals surface area contributed by atoms with Crippen LogP contribution < -0.4 is 4.74 Å². The van der Waals surface area contributed by atoms with Gasteiger partial charge in [-0.05, 0) is 19.1 Å². The summed E-state index contributed by atoms with van der Waals surface area (Å²) in [4.78, 5) is 11.2. The number of ether oxygens (including phenoxy) is 2. The molecule has 0 aromatic heterocycles. The fraction of sp³-hybridized carbons (Fsp3) is 0.357. The monoisotopic (exact) mass is 232 g/mol. The van der Waals surface area contributed by atoms with Gasteiger partial charge >= 0.3 is 5.97 Å². The minimum atomic E-state index is -0.226. The van der Waals surface area contributed by atoms with E-state index in [0.717, 1.165) is 16.9 Å². The predicted molar refractivity (Wildman–Crippen MR) is 65.8 cm³/mol. The van der Waals surface area contributed by atoms with Gasteiger partial charge in [0.05, 0.1) is 0 Å². The van der Waals surface area contributed by atoms with Crippen LogP contribution in [0.4, 0.5) is 0 Å². The van der Waals surface area contributed by atoms with Crippen LogP contribution in [0.2, 0.25) is 0 Å². The number of carbonyl (C=O) groups is 1. The van der Waals surface area contributed by atoms with Gasteiger partial charge < -0.3 is 9.47 Å². The Bertz CT molecular complexity index is 449. The molecule has 0 bridgehead atoms. The lowest BCUT2D eigenvalue weighted by Gasteiger charge is -2.22. The third kappa shape index (κ3) is 2.67. The maximum absolute atomic E-state index is 11.2. The molecular weight excluding hydrogens is 216 g/mol. The lowest BCUT2D eigenvalue weighted by Crippen LogP contribution is -2.22. The van der Waals surface area contributed by atoms with Gasteiger partial charge in [-0.2, -0.15) is 0 Å². The standard InChI is InChI=1S/C14H16O3/c1-3-14(15)17-10(2)12-8-11-6-4-5-7-13(11)16-9-12/h4-8,10H,3,9H2,1-2H3/t10-/m1/s1. The average molecular weight is 232 g/mol. The molecule has 0 fully saturated rings. The second-order valence-electron chi connectivity index (χ2n) is 4.03. The molecule has 17 heavy (non-hydrogen) atoms. The van der Waals surface area contributed by atoms with Crippen LogP contribution in [-0.2, 0) is 9.53 Å². The minimum Gasteiger partial charge on any atom is -0.488 e. The number of rotatable bonds is 3. The number of esters is 1. The summed E-state index contributed by atoms with van der Waals surface area (Å²) in [6.07, 6.45) is 2.21. The van der Waals surface area contributed by atoms with E-state index in [9.17, 15) is 4.79 Å². The van der Waals surface area contributed by atoms with Crippen LogP contribution in [0, 0.1) is 0 Å². The van der Waals surface area contributed by atoms with Gasteiger partial charge in [0, 0.05) is 17.6 Å². The topological polar surface area (TPSA) is 35.5 Å². The van der Waals surface area contributed by atoms with Crippen LogP contribution in [0.5, 0.6) is 5.75 Å². The van der Waals surface area contributed by atoms with E-state index in [1.165, 1.54) is 0 Å². The van der Waals surface area contributed by atoms with Crippen molar-refractivity contribution in [2.24, 2.45) is 0 Å². The van der Waals surface area contributed by atoms with Crippen molar-refractivity contribution in [3.05, 3.63) is 35.4 Å². The minimum absolute atomic E-state index is 0.183. The summed E-state index contributed by atoms with van der Waals surface area (Å²) in [5, 5.41) is 0. The molecule has 0 spiro atoms. The van der Waals surface area contributed by atoms with Crippen molar-refractivity contribution < 1.29 is 14.3 Å². The Balaban J connectivity index is 2.14. The zero-order valence-electron chi connectivity index (χ0n) is 10.1. The molecule has 0 saturated heterocycles. The van der Waals surface area contributed by atoms with E-state index in [4.69, 9.17) is 9.47 Å². The van der Waals surface area contributed by atoms with Gasteiger partial charge in [0.1, 0.15) is 18.5 Å². The molecule has 90 valence electrons. The highest BCUT2D eigenvalue weighted by Crippen LogP contribution is 2.27. The number of fused-ring (bicyclic) bond motifs is 1. The summed E-state index contributed by atoms with van der Waals surface area (Å²) in [7, 11) is 0. The highest BCUT2D eigenvalue weighted by molar-refractivity contribution is 5.70. The molecule has 0 radical (unpaired) electrons. The summed E-state index contributed by atoms with van der Waals surface area (Å²) in [6.45, 7) is 4.14. The number of hydrogen-bond acceptors (Lipinski definition) is 3. The summed E-state index contributed by atoms with van der Waals surface area (Å²) >= 11 is 0. The Morgan fingerprint density at radius 2 is 2.24 bits per heavy atom. The van der Waals surface area contributed by atoms with Gasteiger partial charge in [-0.15, -0.1) is 0 Å². The van der Waals surface area contributed by atoms with E-state index in [-0.39, 0.29) is 12.1 Å². The third-order valence-electron chi connectivity index (χ3n) is 2.77. The van der Waals surface area contributed by atoms with Gasteiger partial charge in [-0.1, -0.05) is 25.1 Å². The van der Waals surface area contributed by atoms with E-state index >= 15 is 0 Å². The normalized spacial score (nSPS) is 15.3. The number of hydrogen-bond donors (Lipinski definition) is 0.